The number of carbonyl (C=O) groups is 1. The predicted molar refractivity (Wildman–Crippen MR) is 86.6 cm³/mol. The molecule has 0 aliphatic heterocycles. The van der Waals surface area contributed by atoms with Gasteiger partial charge in [-0.15, -0.1) is 0 Å². The van der Waals surface area contributed by atoms with Crippen LogP contribution in [0.25, 0.3) is 0 Å². The number of rotatable bonds is 8. The lowest BCUT2D eigenvalue weighted by Gasteiger charge is -2.25. The second-order valence-electron chi connectivity index (χ2n) is 5.12. The lowest BCUT2D eigenvalue weighted by atomic mass is 10.2. The van der Waals surface area contributed by atoms with E-state index in [9.17, 15) is 13.2 Å². The van der Waals surface area contributed by atoms with E-state index in [2.05, 4.69) is 5.32 Å². The van der Waals surface area contributed by atoms with E-state index in [0.29, 0.717) is 11.3 Å². The highest BCUT2D eigenvalue weighted by Crippen LogP contribution is 2.12. The Balaban J connectivity index is 2.63. The number of carbonyl (C=O) groups excluding carboxylic acids is 1. The molecule has 1 N–H and O–H groups in total. The van der Waals surface area contributed by atoms with Gasteiger partial charge in [0, 0.05) is 24.7 Å². The predicted octanol–water partition coefficient (Wildman–Crippen LogP) is 1.49. The van der Waals surface area contributed by atoms with Crippen LogP contribution in [-0.4, -0.2) is 51.1 Å². The van der Waals surface area contributed by atoms with E-state index in [1.165, 1.54) is 17.7 Å². The van der Waals surface area contributed by atoms with Crippen molar-refractivity contribution in [2.45, 2.75) is 26.3 Å². The van der Waals surface area contributed by atoms with Crippen LogP contribution in [-0.2, 0) is 10.0 Å². The second kappa shape index (κ2) is 8.14. The van der Waals surface area contributed by atoms with E-state index in [4.69, 9.17) is 4.74 Å². The molecule has 1 amide bonds. The monoisotopic (exact) mass is 328 g/mol. The van der Waals surface area contributed by atoms with Crippen molar-refractivity contribution in [3.8, 4) is 5.75 Å². The molecule has 7 heteroatoms. The van der Waals surface area contributed by atoms with Crippen molar-refractivity contribution in [2.75, 3.05) is 26.5 Å². The van der Waals surface area contributed by atoms with Crippen molar-refractivity contribution in [1.29, 1.82) is 0 Å². The Morgan fingerprint density at radius 3 is 2.64 bits per heavy atom. The smallest absolute Gasteiger partial charge is 0.251 e. The van der Waals surface area contributed by atoms with Gasteiger partial charge >= 0.3 is 0 Å². The van der Waals surface area contributed by atoms with E-state index in [1.807, 2.05) is 13.8 Å². The number of benzene rings is 1. The Morgan fingerprint density at radius 2 is 2.09 bits per heavy atom. The average molecular weight is 328 g/mol. The highest BCUT2D eigenvalue weighted by atomic mass is 32.2. The molecule has 0 aliphatic rings. The van der Waals surface area contributed by atoms with Gasteiger partial charge in [0.15, 0.2) is 0 Å². The van der Waals surface area contributed by atoms with Crippen molar-refractivity contribution in [3.63, 3.8) is 0 Å². The normalized spacial score (nSPS) is 13.0. The van der Waals surface area contributed by atoms with Crippen molar-refractivity contribution < 1.29 is 17.9 Å². The average Bonchev–Trinajstić information content (AvgIpc) is 2.49. The molecule has 1 rings (SSSR count). The maximum atomic E-state index is 12.0. The maximum absolute atomic E-state index is 12.0. The highest BCUT2D eigenvalue weighted by molar-refractivity contribution is 7.88. The molecule has 6 nitrogen and oxygen atoms in total. The van der Waals surface area contributed by atoms with Gasteiger partial charge in [-0.1, -0.05) is 13.0 Å². The number of ether oxygens (including phenoxy) is 1. The van der Waals surface area contributed by atoms with Gasteiger partial charge in [0.05, 0.1) is 13.4 Å². The molecule has 22 heavy (non-hydrogen) atoms. The fourth-order valence-electron chi connectivity index (χ4n) is 2.06. The summed E-state index contributed by atoms with van der Waals surface area (Å²) in [7, 11) is -1.75. The third-order valence-corrected chi connectivity index (χ3v) is 4.85. The quantitative estimate of drug-likeness (QED) is 0.784. The molecule has 0 radical (unpaired) electrons. The molecule has 0 bridgehead atoms. The third kappa shape index (κ3) is 5.31. The number of amides is 1. The molecule has 0 aliphatic carbocycles. The standard InChI is InChI=1S/C15H24N2O4S/c1-5-12(2)17(22(4,19)20)10-9-16-15(18)13-7-6-8-14(11-13)21-3/h6-8,11-12H,5,9-10H2,1-4H3,(H,16,18). The summed E-state index contributed by atoms with van der Waals surface area (Å²) in [6.07, 6.45) is 1.90. The van der Waals surface area contributed by atoms with Gasteiger partial charge < -0.3 is 10.1 Å². The summed E-state index contributed by atoms with van der Waals surface area (Å²) < 4.78 is 30.0. The Hall–Kier alpha value is -1.60. The molecule has 0 heterocycles. The number of methoxy groups -OCH3 is 1. The van der Waals surface area contributed by atoms with Crippen LogP contribution < -0.4 is 10.1 Å². The van der Waals surface area contributed by atoms with Crippen LogP contribution in [0.4, 0.5) is 0 Å². The minimum Gasteiger partial charge on any atom is -0.497 e. The first-order chi connectivity index (χ1) is 10.3. The Bertz CT molecular complexity index is 601. The molecular formula is C15H24N2O4S. The van der Waals surface area contributed by atoms with Crippen molar-refractivity contribution in [2.24, 2.45) is 0 Å². The molecule has 0 saturated heterocycles. The minimum absolute atomic E-state index is 0.0938. The zero-order valence-corrected chi connectivity index (χ0v) is 14.3. The molecule has 124 valence electrons. The van der Waals surface area contributed by atoms with Crippen LogP contribution in [0, 0.1) is 0 Å². The molecule has 1 aromatic carbocycles. The number of hydrogen-bond donors (Lipinski definition) is 1. The minimum atomic E-state index is -3.29. The Labute approximate surface area is 132 Å². The molecule has 1 aromatic rings. The second-order valence-corrected chi connectivity index (χ2v) is 7.05. The van der Waals surface area contributed by atoms with Gasteiger partial charge in [0.25, 0.3) is 5.91 Å². The van der Waals surface area contributed by atoms with Gasteiger partial charge in [-0.2, -0.15) is 4.31 Å². The first kappa shape index (κ1) is 18.4. The third-order valence-electron chi connectivity index (χ3n) is 3.46. The van der Waals surface area contributed by atoms with Crippen molar-refractivity contribution in [3.05, 3.63) is 29.8 Å². The van der Waals surface area contributed by atoms with Gasteiger partial charge in [-0.25, -0.2) is 8.42 Å². The number of sulfonamides is 1. The fourth-order valence-corrected chi connectivity index (χ4v) is 3.29. The van der Waals surface area contributed by atoms with E-state index >= 15 is 0 Å². The summed E-state index contributed by atoms with van der Waals surface area (Å²) in [5, 5.41) is 2.73. The lowest BCUT2D eigenvalue weighted by molar-refractivity contribution is 0.0950. The van der Waals surface area contributed by atoms with Crippen LogP contribution in [0.3, 0.4) is 0 Å². The van der Waals surface area contributed by atoms with E-state index < -0.39 is 10.0 Å². The summed E-state index contributed by atoms with van der Waals surface area (Å²) in [6.45, 7) is 4.29. The largest absolute Gasteiger partial charge is 0.497 e. The van der Waals surface area contributed by atoms with Crippen molar-refractivity contribution >= 4 is 15.9 Å². The maximum Gasteiger partial charge on any atom is 0.251 e. The number of hydrogen-bond acceptors (Lipinski definition) is 4. The van der Waals surface area contributed by atoms with Crippen LogP contribution >= 0.6 is 0 Å². The van der Waals surface area contributed by atoms with Gasteiger partial charge in [0.1, 0.15) is 5.75 Å². The summed E-state index contributed by atoms with van der Waals surface area (Å²) in [4.78, 5) is 12.0. The topological polar surface area (TPSA) is 75.7 Å². The zero-order chi connectivity index (χ0) is 16.8. The van der Waals surface area contributed by atoms with Crippen LogP contribution in [0.15, 0.2) is 24.3 Å². The number of nitrogens with one attached hydrogen (secondary N) is 1. The van der Waals surface area contributed by atoms with E-state index in [1.54, 1.807) is 24.3 Å². The van der Waals surface area contributed by atoms with Gasteiger partial charge in [-0.3, -0.25) is 4.79 Å². The molecular weight excluding hydrogens is 304 g/mol. The summed E-state index contributed by atoms with van der Waals surface area (Å²) >= 11 is 0. The van der Waals surface area contributed by atoms with Crippen LogP contribution in [0.2, 0.25) is 0 Å². The molecule has 0 saturated carbocycles. The van der Waals surface area contributed by atoms with E-state index in [-0.39, 0.29) is 25.0 Å². The molecule has 0 fully saturated rings. The van der Waals surface area contributed by atoms with Gasteiger partial charge in [-0.05, 0) is 31.5 Å². The first-order valence-corrected chi connectivity index (χ1v) is 9.03. The molecule has 1 atom stereocenters. The Morgan fingerprint density at radius 1 is 1.41 bits per heavy atom. The SMILES string of the molecule is CCC(C)N(CCNC(=O)c1cccc(OC)c1)S(C)(=O)=O. The molecule has 0 spiro atoms. The summed E-state index contributed by atoms with van der Waals surface area (Å²) in [6, 6.07) is 6.71. The zero-order valence-electron chi connectivity index (χ0n) is 13.5. The first-order valence-electron chi connectivity index (χ1n) is 7.18. The highest BCUT2D eigenvalue weighted by Gasteiger charge is 2.21. The lowest BCUT2D eigenvalue weighted by Crippen LogP contribution is -2.42. The fraction of sp³-hybridized carbons (Fsp3) is 0.533. The van der Waals surface area contributed by atoms with E-state index in [0.717, 1.165) is 6.42 Å². The van der Waals surface area contributed by atoms with Crippen LogP contribution in [0.1, 0.15) is 30.6 Å². The van der Waals surface area contributed by atoms with Crippen molar-refractivity contribution in [1.82, 2.24) is 9.62 Å². The van der Waals surface area contributed by atoms with Gasteiger partial charge in [0.2, 0.25) is 10.0 Å². The summed E-state index contributed by atoms with van der Waals surface area (Å²) in [5.74, 6) is 0.349. The summed E-state index contributed by atoms with van der Waals surface area (Å²) in [5.41, 5.74) is 0.480. The molecule has 0 aromatic heterocycles. The molecule has 1 unspecified atom stereocenters. The van der Waals surface area contributed by atoms with Crippen LogP contribution in [0.5, 0.6) is 5.75 Å². The number of nitrogens with zero attached hydrogens (tertiary/aromatic N) is 1. The Kier molecular flexibility index (Phi) is 6.83.